The monoisotopic (exact) mass is 338 g/mol. The van der Waals surface area contributed by atoms with Crippen LogP contribution in [0.4, 0.5) is 0 Å². The highest BCUT2D eigenvalue weighted by Gasteiger charge is 2.25. The molecule has 2 N–H and O–H groups in total. The van der Waals surface area contributed by atoms with Crippen molar-refractivity contribution in [3.63, 3.8) is 0 Å². The average molecular weight is 339 g/mol. The van der Waals surface area contributed by atoms with Crippen molar-refractivity contribution >= 4 is 21.9 Å². The van der Waals surface area contributed by atoms with Gasteiger partial charge in [-0.2, -0.15) is 0 Å². The van der Waals surface area contributed by atoms with Crippen molar-refractivity contribution < 1.29 is 19.7 Å². The number of aromatic nitrogens is 2. The minimum absolute atomic E-state index is 0.0236. The molecule has 7 heteroatoms. The van der Waals surface area contributed by atoms with Gasteiger partial charge in [-0.1, -0.05) is 15.9 Å². The molecule has 1 aliphatic heterocycles. The summed E-state index contributed by atoms with van der Waals surface area (Å²) in [5, 5.41) is 18.4. The van der Waals surface area contributed by atoms with Gasteiger partial charge in [0.05, 0.1) is 18.7 Å². The molecule has 1 atom stereocenters. The van der Waals surface area contributed by atoms with Crippen LogP contribution >= 0.6 is 15.9 Å². The van der Waals surface area contributed by atoms with E-state index in [1.807, 2.05) is 12.1 Å². The topological polar surface area (TPSA) is 84.6 Å². The van der Waals surface area contributed by atoms with E-state index in [9.17, 15) is 9.90 Å². The first kappa shape index (κ1) is 13.1. The Labute approximate surface area is 122 Å². The Bertz CT molecular complexity index is 683. The van der Waals surface area contributed by atoms with Gasteiger partial charge in [0.15, 0.2) is 5.69 Å². The second-order valence-electron chi connectivity index (χ2n) is 4.47. The van der Waals surface area contributed by atoms with Crippen LogP contribution in [-0.4, -0.2) is 38.4 Å². The summed E-state index contributed by atoms with van der Waals surface area (Å²) >= 11 is 3.38. The summed E-state index contributed by atoms with van der Waals surface area (Å²) in [6.07, 6.45) is 1.02. The van der Waals surface area contributed by atoms with Gasteiger partial charge in [-0.05, 0) is 18.2 Å². The molecule has 3 rings (SSSR count). The molecule has 0 radical (unpaired) electrons. The lowest BCUT2D eigenvalue weighted by Gasteiger charge is -2.14. The van der Waals surface area contributed by atoms with Crippen LogP contribution in [0.15, 0.2) is 28.9 Å². The van der Waals surface area contributed by atoms with Gasteiger partial charge >= 0.3 is 5.97 Å². The smallest absolute Gasteiger partial charge is 0.356 e. The van der Waals surface area contributed by atoms with Crippen LogP contribution in [0, 0.1) is 0 Å². The van der Waals surface area contributed by atoms with E-state index < -0.39 is 12.1 Å². The number of carboxylic acid groups (broad SMARTS) is 1. The molecule has 0 spiro atoms. The number of ether oxygens (including phenoxy) is 1. The number of imidazole rings is 1. The minimum atomic E-state index is -1.08. The molecule has 1 aromatic carbocycles. The Morgan fingerprint density at radius 3 is 3.05 bits per heavy atom. The highest BCUT2D eigenvalue weighted by Crippen LogP contribution is 2.35. The Hall–Kier alpha value is -1.86. The number of hydrogen-bond donors (Lipinski definition) is 2. The number of rotatable bonds is 2. The number of hydrogen-bond acceptors (Lipinski definition) is 4. The molecule has 2 aromatic rings. The van der Waals surface area contributed by atoms with E-state index in [2.05, 4.69) is 20.9 Å². The maximum atomic E-state index is 11.1. The molecule has 0 amide bonds. The molecule has 1 unspecified atom stereocenters. The largest absolute Gasteiger partial charge is 0.485 e. The van der Waals surface area contributed by atoms with Crippen molar-refractivity contribution in [2.45, 2.75) is 12.6 Å². The molecule has 0 bridgehead atoms. The molecule has 0 fully saturated rings. The summed E-state index contributed by atoms with van der Waals surface area (Å²) in [5.41, 5.74) is 0.673. The molecule has 0 aliphatic carbocycles. The Morgan fingerprint density at radius 1 is 1.55 bits per heavy atom. The van der Waals surface area contributed by atoms with E-state index in [4.69, 9.17) is 9.84 Å². The van der Waals surface area contributed by atoms with Gasteiger partial charge in [0, 0.05) is 10.7 Å². The predicted octanol–water partition coefficient (Wildman–Crippen LogP) is 1.76. The third-order valence-corrected chi connectivity index (χ3v) is 3.57. The van der Waals surface area contributed by atoms with Crippen LogP contribution in [0.5, 0.6) is 5.75 Å². The van der Waals surface area contributed by atoms with Crippen molar-refractivity contribution in [2.75, 3.05) is 6.61 Å². The fourth-order valence-electron chi connectivity index (χ4n) is 2.18. The molecule has 6 nitrogen and oxygen atoms in total. The van der Waals surface area contributed by atoms with Crippen LogP contribution in [0.1, 0.15) is 10.5 Å². The summed E-state index contributed by atoms with van der Waals surface area (Å²) in [6, 6.07) is 5.41. The third-order valence-electron chi connectivity index (χ3n) is 3.08. The second kappa shape index (κ2) is 4.92. The number of aliphatic hydroxyl groups is 1. The first-order chi connectivity index (χ1) is 9.58. The number of nitrogens with zero attached hydrogens (tertiary/aromatic N) is 2. The van der Waals surface area contributed by atoms with Gasteiger partial charge < -0.3 is 19.5 Å². The number of benzene rings is 1. The SMILES string of the molecule is O=C(O)c1cn2c(n1)-c1cc(Br)ccc1OC(CO)C2. The number of aromatic carboxylic acids is 1. The zero-order valence-corrected chi connectivity index (χ0v) is 11.9. The molecular formula is C13H11BrN2O4. The van der Waals surface area contributed by atoms with Crippen LogP contribution in [-0.2, 0) is 6.54 Å². The molecule has 20 heavy (non-hydrogen) atoms. The molecule has 0 saturated carbocycles. The second-order valence-corrected chi connectivity index (χ2v) is 5.39. The van der Waals surface area contributed by atoms with Crippen LogP contribution in [0.3, 0.4) is 0 Å². The minimum Gasteiger partial charge on any atom is -0.485 e. The van der Waals surface area contributed by atoms with E-state index >= 15 is 0 Å². The van der Waals surface area contributed by atoms with Crippen LogP contribution < -0.4 is 4.74 Å². The van der Waals surface area contributed by atoms with Crippen LogP contribution in [0.2, 0.25) is 0 Å². The first-order valence-electron chi connectivity index (χ1n) is 5.96. The van der Waals surface area contributed by atoms with Gasteiger partial charge in [0.25, 0.3) is 0 Å². The standard InChI is InChI=1S/C13H11BrN2O4/c14-7-1-2-11-9(3-7)12-15-10(13(18)19)5-16(12)4-8(6-17)20-11/h1-3,5,8,17H,4,6H2,(H,18,19). The van der Waals surface area contributed by atoms with E-state index in [1.165, 1.54) is 6.20 Å². The lowest BCUT2D eigenvalue weighted by molar-refractivity contribution is 0.0690. The van der Waals surface area contributed by atoms with Crippen molar-refractivity contribution in [1.29, 1.82) is 0 Å². The number of carbonyl (C=O) groups is 1. The first-order valence-corrected chi connectivity index (χ1v) is 6.75. The molecule has 2 heterocycles. The summed E-state index contributed by atoms with van der Waals surface area (Å²) in [6.45, 7) is 0.188. The van der Waals surface area contributed by atoms with E-state index in [0.717, 1.165) is 4.47 Å². The Balaban J connectivity index is 2.21. The highest BCUT2D eigenvalue weighted by atomic mass is 79.9. The van der Waals surface area contributed by atoms with E-state index in [-0.39, 0.29) is 12.3 Å². The van der Waals surface area contributed by atoms with Crippen molar-refractivity contribution in [3.8, 4) is 17.1 Å². The van der Waals surface area contributed by atoms with Crippen molar-refractivity contribution in [2.24, 2.45) is 0 Å². The Morgan fingerprint density at radius 2 is 2.35 bits per heavy atom. The van der Waals surface area contributed by atoms with Crippen LogP contribution in [0.25, 0.3) is 11.4 Å². The summed E-state index contributed by atoms with van der Waals surface area (Å²) < 4.78 is 8.26. The maximum Gasteiger partial charge on any atom is 0.356 e. The fraction of sp³-hybridized carbons (Fsp3) is 0.231. The summed E-state index contributed by atoms with van der Waals surface area (Å²) in [7, 11) is 0. The molecule has 0 saturated heterocycles. The van der Waals surface area contributed by atoms with Gasteiger partial charge in [-0.15, -0.1) is 0 Å². The lowest BCUT2D eigenvalue weighted by Crippen LogP contribution is -2.25. The molecule has 104 valence electrons. The van der Waals surface area contributed by atoms with Crippen molar-refractivity contribution in [1.82, 2.24) is 9.55 Å². The number of carboxylic acids is 1. The predicted molar refractivity (Wildman–Crippen MR) is 73.8 cm³/mol. The molecule has 1 aliphatic rings. The van der Waals surface area contributed by atoms with Gasteiger partial charge in [0.1, 0.15) is 17.7 Å². The lowest BCUT2D eigenvalue weighted by atomic mass is 10.2. The quantitative estimate of drug-likeness (QED) is 0.871. The third kappa shape index (κ3) is 2.19. The number of halogens is 1. The highest BCUT2D eigenvalue weighted by molar-refractivity contribution is 9.10. The van der Waals surface area contributed by atoms with Gasteiger partial charge in [-0.3, -0.25) is 0 Å². The normalized spacial score (nSPS) is 16.8. The number of fused-ring (bicyclic) bond motifs is 3. The zero-order chi connectivity index (χ0) is 14.3. The molecular weight excluding hydrogens is 328 g/mol. The van der Waals surface area contributed by atoms with E-state index in [0.29, 0.717) is 23.7 Å². The summed E-state index contributed by atoms with van der Waals surface area (Å²) in [5.74, 6) is 0.0202. The number of aliphatic hydroxyl groups excluding tert-OH is 1. The van der Waals surface area contributed by atoms with Gasteiger partial charge in [0.2, 0.25) is 0 Å². The van der Waals surface area contributed by atoms with Gasteiger partial charge in [-0.25, -0.2) is 9.78 Å². The Kier molecular flexibility index (Phi) is 3.23. The average Bonchev–Trinajstić information content (AvgIpc) is 2.78. The maximum absolute atomic E-state index is 11.1. The summed E-state index contributed by atoms with van der Waals surface area (Å²) in [4.78, 5) is 15.2. The van der Waals surface area contributed by atoms with E-state index in [1.54, 1.807) is 10.6 Å². The molecule has 1 aromatic heterocycles. The zero-order valence-electron chi connectivity index (χ0n) is 10.3. The van der Waals surface area contributed by atoms with Crippen molar-refractivity contribution in [3.05, 3.63) is 34.6 Å². The fourth-order valence-corrected chi connectivity index (χ4v) is 2.55.